The number of aryl methyl sites for hydroxylation is 1. The average molecular weight is 265 g/mol. The van der Waals surface area contributed by atoms with Crippen LogP contribution >= 0.6 is 0 Å². The zero-order chi connectivity index (χ0) is 14.3. The molecule has 0 aliphatic carbocycles. The Morgan fingerprint density at radius 2 is 1.89 bits per heavy atom. The zero-order valence-electron chi connectivity index (χ0n) is 10.9. The number of carbonyl (C=O) groups excluding carboxylic acids is 1. The molecule has 0 heterocycles. The molecule has 0 radical (unpaired) electrons. The van der Waals surface area contributed by atoms with E-state index in [4.69, 9.17) is 5.11 Å². The number of benzene rings is 1. The van der Waals surface area contributed by atoms with E-state index in [1.54, 1.807) is 6.92 Å². The van der Waals surface area contributed by atoms with Gasteiger partial charge in [-0.2, -0.15) is 0 Å². The normalized spacial score (nSPS) is 13.6. The molecule has 0 aliphatic heterocycles. The highest BCUT2D eigenvalue weighted by Crippen LogP contribution is 2.04. The number of carboxylic acids is 1. The lowest BCUT2D eigenvalue weighted by Crippen LogP contribution is -2.46. The minimum atomic E-state index is -1.56. The van der Waals surface area contributed by atoms with Crippen molar-refractivity contribution in [2.75, 3.05) is 0 Å². The van der Waals surface area contributed by atoms with Gasteiger partial charge in [-0.25, -0.2) is 4.79 Å². The zero-order valence-corrected chi connectivity index (χ0v) is 10.9. The van der Waals surface area contributed by atoms with E-state index in [2.05, 4.69) is 5.32 Å². The summed E-state index contributed by atoms with van der Waals surface area (Å²) < 4.78 is 0. The van der Waals surface area contributed by atoms with E-state index in [1.807, 2.05) is 30.3 Å². The first-order valence-electron chi connectivity index (χ1n) is 6.28. The Hall–Kier alpha value is -1.88. The number of aliphatic hydroxyl groups excluding tert-OH is 1. The molecule has 5 nitrogen and oxygen atoms in total. The summed E-state index contributed by atoms with van der Waals surface area (Å²) in [5.41, 5.74) is 1.05. The molecule has 0 aromatic heterocycles. The van der Waals surface area contributed by atoms with Gasteiger partial charge in [0, 0.05) is 6.42 Å². The molecule has 0 aliphatic rings. The van der Waals surface area contributed by atoms with Crippen LogP contribution in [-0.2, 0) is 16.0 Å². The van der Waals surface area contributed by atoms with Gasteiger partial charge in [0.1, 0.15) is 0 Å². The lowest BCUT2D eigenvalue weighted by Gasteiger charge is -2.19. The van der Waals surface area contributed by atoms with Crippen molar-refractivity contribution in [3.8, 4) is 0 Å². The van der Waals surface area contributed by atoms with Crippen molar-refractivity contribution in [1.82, 2.24) is 5.32 Å². The fourth-order valence-corrected chi connectivity index (χ4v) is 1.76. The third-order valence-electron chi connectivity index (χ3n) is 2.90. The average Bonchev–Trinajstić information content (AvgIpc) is 2.42. The third kappa shape index (κ3) is 5.09. The maximum Gasteiger partial charge on any atom is 0.334 e. The fourth-order valence-electron chi connectivity index (χ4n) is 1.76. The molecule has 0 saturated carbocycles. The Morgan fingerprint density at radius 1 is 1.26 bits per heavy atom. The number of aliphatic hydroxyl groups is 1. The van der Waals surface area contributed by atoms with E-state index in [0.29, 0.717) is 12.8 Å². The largest absolute Gasteiger partial charge is 0.479 e. The lowest BCUT2D eigenvalue weighted by atomic mass is 10.1. The molecule has 0 saturated heterocycles. The van der Waals surface area contributed by atoms with Crippen LogP contribution in [0.25, 0.3) is 0 Å². The standard InChI is InChI=1S/C14H19NO4/c1-2-11(13(17)14(18)19)15-12(16)9-8-10-6-4-3-5-7-10/h3-7,11,13,17H,2,8-9H2,1H3,(H,15,16)(H,18,19). The predicted molar refractivity (Wildman–Crippen MR) is 70.6 cm³/mol. The highest BCUT2D eigenvalue weighted by atomic mass is 16.4. The summed E-state index contributed by atoms with van der Waals surface area (Å²) in [6, 6.07) is 8.81. The number of carboxylic acid groups (broad SMARTS) is 1. The summed E-state index contributed by atoms with van der Waals surface area (Å²) in [4.78, 5) is 22.4. The Labute approximate surface area is 112 Å². The molecule has 104 valence electrons. The van der Waals surface area contributed by atoms with Gasteiger partial charge >= 0.3 is 5.97 Å². The molecule has 0 spiro atoms. The number of rotatable bonds is 7. The molecule has 3 N–H and O–H groups in total. The number of hydrogen-bond acceptors (Lipinski definition) is 3. The highest BCUT2D eigenvalue weighted by Gasteiger charge is 2.25. The van der Waals surface area contributed by atoms with Crippen LogP contribution in [-0.4, -0.2) is 34.2 Å². The van der Waals surface area contributed by atoms with Crippen molar-refractivity contribution in [3.63, 3.8) is 0 Å². The Morgan fingerprint density at radius 3 is 2.42 bits per heavy atom. The Balaban J connectivity index is 2.43. The van der Waals surface area contributed by atoms with E-state index < -0.39 is 18.1 Å². The van der Waals surface area contributed by atoms with Crippen molar-refractivity contribution in [3.05, 3.63) is 35.9 Å². The maximum absolute atomic E-state index is 11.7. The topological polar surface area (TPSA) is 86.6 Å². The van der Waals surface area contributed by atoms with Gasteiger partial charge in [-0.1, -0.05) is 37.3 Å². The van der Waals surface area contributed by atoms with Crippen LogP contribution in [0.15, 0.2) is 30.3 Å². The molecule has 0 bridgehead atoms. The van der Waals surface area contributed by atoms with Crippen LogP contribution in [0.4, 0.5) is 0 Å². The van der Waals surface area contributed by atoms with Crippen LogP contribution < -0.4 is 5.32 Å². The first kappa shape index (κ1) is 15.2. The Bertz CT molecular complexity index is 419. The van der Waals surface area contributed by atoms with Crippen molar-refractivity contribution in [2.45, 2.75) is 38.3 Å². The van der Waals surface area contributed by atoms with Gasteiger partial charge in [0.25, 0.3) is 0 Å². The monoisotopic (exact) mass is 265 g/mol. The van der Waals surface area contributed by atoms with Gasteiger partial charge in [0.05, 0.1) is 6.04 Å². The summed E-state index contributed by atoms with van der Waals surface area (Å²) >= 11 is 0. The molecular formula is C14H19NO4. The van der Waals surface area contributed by atoms with E-state index >= 15 is 0 Å². The maximum atomic E-state index is 11.7. The number of aliphatic carboxylic acids is 1. The second-order valence-electron chi connectivity index (χ2n) is 4.35. The molecule has 19 heavy (non-hydrogen) atoms. The number of hydrogen-bond donors (Lipinski definition) is 3. The van der Waals surface area contributed by atoms with E-state index in [0.717, 1.165) is 5.56 Å². The van der Waals surface area contributed by atoms with Crippen molar-refractivity contribution >= 4 is 11.9 Å². The van der Waals surface area contributed by atoms with E-state index in [1.165, 1.54) is 0 Å². The summed E-state index contributed by atoms with van der Waals surface area (Å²) in [6.07, 6.45) is -0.338. The minimum absolute atomic E-state index is 0.254. The van der Waals surface area contributed by atoms with Crippen LogP contribution in [0, 0.1) is 0 Å². The van der Waals surface area contributed by atoms with Gasteiger partial charge in [0.2, 0.25) is 5.91 Å². The third-order valence-corrected chi connectivity index (χ3v) is 2.90. The summed E-state index contributed by atoms with van der Waals surface area (Å²) in [6.45, 7) is 1.72. The van der Waals surface area contributed by atoms with Gasteiger partial charge < -0.3 is 15.5 Å². The Kier molecular flexibility index (Phi) is 6.02. The van der Waals surface area contributed by atoms with Crippen LogP contribution in [0.5, 0.6) is 0 Å². The van der Waals surface area contributed by atoms with Gasteiger partial charge in [-0.15, -0.1) is 0 Å². The molecule has 2 atom stereocenters. The SMILES string of the molecule is CCC(NC(=O)CCc1ccccc1)C(O)C(=O)O. The number of nitrogens with one attached hydrogen (secondary N) is 1. The predicted octanol–water partition coefficient (Wildman–Crippen LogP) is 0.959. The van der Waals surface area contributed by atoms with Crippen molar-refractivity contribution in [1.29, 1.82) is 0 Å². The van der Waals surface area contributed by atoms with E-state index in [-0.39, 0.29) is 12.3 Å². The first-order valence-corrected chi connectivity index (χ1v) is 6.28. The second kappa shape index (κ2) is 7.53. The van der Waals surface area contributed by atoms with Crippen LogP contribution in [0.2, 0.25) is 0 Å². The van der Waals surface area contributed by atoms with Crippen LogP contribution in [0.3, 0.4) is 0 Å². The fraction of sp³-hybridized carbons (Fsp3) is 0.429. The number of amides is 1. The molecule has 1 amide bonds. The summed E-state index contributed by atoms with van der Waals surface area (Å²) in [5, 5.41) is 20.7. The summed E-state index contributed by atoms with van der Waals surface area (Å²) in [7, 11) is 0. The minimum Gasteiger partial charge on any atom is -0.479 e. The van der Waals surface area contributed by atoms with Gasteiger partial charge in [0.15, 0.2) is 6.10 Å². The molecule has 2 unspecified atom stereocenters. The van der Waals surface area contributed by atoms with Gasteiger partial charge in [-0.05, 0) is 18.4 Å². The smallest absolute Gasteiger partial charge is 0.334 e. The number of carbonyl (C=O) groups is 2. The molecule has 5 heteroatoms. The second-order valence-corrected chi connectivity index (χ2v) is 4.35. The quantitative estimate of drug-likeness (QED) is 0.685. The molecule has 1 aromatic rings. The molecule has 1 rings (SSSR count). The van der Waals surface area contributed by atoms with Crippen LogP contribution in [0.1, 0.15) is 25.3 Å². The highest BCUT2D eigenvalue weighted by molar-refractivity contribution is 5.79. The van der Waals surface area contributed by atoms with Crippen molar-refractivity contribution in [2.24, 2.45) is 0 Å². The van der Waals surface area contributed by atoms with E-state index in [9.17, 15) is 14.7 Å². The first-order chi connectivity index (χ1) is 9.04. The summed E-state index contributed by atoms with van der Waals surface area (Å²) in [5.74, 6) is -1.58. The molecule has 0 fully saturated rings. The van der Waals surface area contributed by atoms with Gasteiger partial charge in [-0.3, -0.25) is 4.79 Å². The molecular weight excluding hydrogens is 246 g/mol. The lowest BCUT2D eigenvalue weighted by molar-refractivity contribution is -0.148. The van der Waals surface area contributed by atoms with Crippen molar-refractivity contribution < 1.29 is 19.8 Å². The molecule has 1 aromatic carbocycles.